The van der Waals surface area contributed by atoms with Gasteiger partial charge < -0.3 is 10.6 Å². The molecule has 2 aromatic heterocycles. The Morgan fingerprint density at radius 1 is 1.03 bits per heavy atom. The van der Waals surface area contributed by atoms with Crippen LogP contribution in [-0.2, 0) is 18.3 Å². The van der Waals surface area contributed by atoms with E-state index in [1.54, 1.807) is 30.1 Å². The van der Waals surface area contributed by atoms with Gasteiger partial charge in [-0.25, -0.2) is 13.8 Å². The Hall–Kier alpha value is -3.91. The Morgan fingerprint density at radius 2 is 1.76 bits per heavy atom. The maximum absolute atomic E-state index is 14.2. The molecule has 0 aliphatic rings. The lowest BCUT2D eigenvalue weighted by atomic mass is 10.0. The van der Waals surface area contributed by atoms with Gasteiger partial charge in [-0.15, -0.1) is 0 Å². The van der Waals surface area contributed by atoms with Gasteiger partial charge in [0.15, 0.2) is 0 Å². The van der Waals surface area contributed by atoms with E-state index in [1.807, 2.05) is 49.6 Å². The molecule has 34 heavy (non-hydrogen) atoms. The molecule has 2 heterocycles. The van der Waals surface area contributed by atoms with E-state index in [1.165, 1.54) is 12.1 Å². The van der Waals surface area contributed by atoms with Crippen LogP contribution in [0.5, 0.6) is 0 Å². The first kappa shape index (κ1) is 23.3. The summed E-state index contributed by atoms with van der Waals surface area (Å²) in [5.41, 5.74) is 3.06. The normalized spacial score (nSPS) is 11.9. The van der Waals surface area contributed by atoms with Crippen molar-refractivity contribution < 1.29 is 13.6 Å². The third-order valence-electron chi connectivity index (χ3n) is 5.46. The Balaban J connectivity index is 1.46. The second kappa shape index (κ2) is 10.4. The van der Waals surface area contributed by atoms with Gasteiger partial charge in [-0.05, 0) is 48.7 Å². The Bertz CT molecular complexity index is 1250. The molecule has 0 aliphatic heterocycles. The first-order chi connectivity index (χ1) is 16.4. The molecule has 0 saturated heterocycles. The average molecular weight is 462 g/mol. The van der Waals surface area contributed by atoms with E-state index in [2.05, 4.69) is 20.7 Å². The minimum absolute atomic E-state index is 0.00187. The lowest BCUT2D eigenvalue weighted by molar-refractivity contribution is -0.118. The maximum Gasteiger partial charge on any atom is 0.247 e. The molecule has 4 rings (SSSR count). The molecule has 0 radical (unpaired) electrons. The molecule has 2 N–H and O–H groups in total. The number of nitrogens with one attached hydrogen (secondary N) is 2. The van der Waals surface area contributed by atoms with Crippen LogP contribution in [0.4, 0.5) is 14.6 Å². The van der Waals surface area contributed by atoms with Crippen LogP contribution in [0, 0.1) is 18.6 Å². The van der Waals surface area contributed by atoms with Gasteiger partial charge in [-0.3, -0.25) is 9.48 Å². The topological polar surface area (TPSA) is 71.8 Å². The second-order valence-corrected chi connectivity index (χ2v) is 8.08. The summed E-state index contributed by atoms with van der Waals surface area (Å²) in [6, 6.07) is 14.6. The first-order valence-corrected chi connectivity index (χ1v) is 10.9. The van der Waals surface area contributed by atoms with E-state index in [9.17, 15) is 13.6 Å². The van der Waals surface area contributed by atoms with Crippen LogP contribution < -0.4 is 10.6 Å². The SMILES string of the molecule is Cc1cc(F)c(CCN[C@@H](C(=O)Nc2ccc(-c3cnn(C)c3)cn2)c2ccccc2)c(F)c1. The van der Waals surface area contributed by atoms with Gasteiger partial charge in [0.25, 0.3) is 0 Å². The fourth-order valence-corrected chi connectivity index (χ4v) is 3.72. The minimum atomic E-state index is -0.724. The molecule has 6 nitrogen and oxygen atoms in total. The number of hydrogen-bond donors (Lipinski definition) is 2. The highest BCUT2D eigenvalue weighted by Gasteiger charge is 2.21. The Labute approximate surface area is 196 Å². The van der Waals surface area contributed by atoms with Crippen molar-refractivity contribution in [2.75, 3.05) is 11.9 Å². The van der Waals surface area contributed by atoms with E-state index < -0.39 is 17.7 Å². The predicted octanol–water partition coefficient (Wildman–Crippen LogP) is 4.58. The lowest BCUT2D eigenvalue weighted by Crippen LogP contribution is -2.34. The summed E-state index contributed by atoms with van der Waals surface area (Å²) >= 11 is 0. The van der Waals surface area contributed by atoms with Gasteiger partial charge in [0.2, 0.25) is 5.91 Å². The summed E-state index contributed by atoms with van der Waals surface area (Å²) in [7, 11) is 1.84. The van der Waals surface area contributed by atoms with Crippen molar-refractivity contribution in [1.29, 1.82) is 0 Å². The number of aromatic nitrogens is 3. The highest BCUT2D eigenvalue weighted by Crippen LogP contribution is 2.21. The monoisotopic (exact) mass is 461 g/mol. The molecule has 174 valence electrons. The quantitative estimate of drug-likeness (QED) is 0.403. The van der Waals surface area contributed by atoms with Crippen molar-refractivity contribution in [2.45, 2.75) is 19.4 Å². The molecule has 0 unspecified atom stereocenters. The summed E-state index contributed by atoms with van der Waals surface area (Å²) in [4.78, 5) is 17.5. The number of rotatable bonds is 8. The zero-order valence-corrected chi connectivity index (χ0v) is 18.9. The van der Waals surface area contributed by atoms with Crippen LogP contribution in [-0.4, -0.2) is 27.2 Å². The number of hydrogen-bond acceptors (Lipinski definition) is 4. The van der Waals surface area contributed by atoms with Gasteiger partial charge in [-0.1, -0.05) is 30.3 Å². The molecule has 0 fully saturated rings. The minimum Gasteiger partial charge on any atom is -0.309 e. The maximum atomic E-state index is 14.2. The molecule has 4 aromatic rings. The fraction of sp³-hybridized carbons (Fsp3) is 0.192. The van der Waals surface area contributed by atoms with Crippen molar-refractivity contribution >= 4 is 11.7 Å². The van der Waals surface area contributed by atoms with E-state index in [4.69, 9.17) is 0 Å². The number of anilines is 1. The molecule has 0 saturated carbocycles. The number of benzene rings is 2. The molecule has 0 spiro atoms. The summed E-state index contributed by atoms with van der Waals surface area (Å²) in [5.74, 6) is -1.09. The van der Waals surface area contributed by atoms with Crippen LogP contribution >= 0.6 is 0 Å². The van der Waals surface area contributed by atoms with Crippen LogP contribution in [0.2, 0.25) is 0 Å². The van der Waals surface area contributed by atoms with Crippen molar-refractivity contribution in [2.24, 2.45) is 7.05 Å². The van der Waals surface area contributed by atoms with E-state index in [0.29, 0.717) is 11.4 Å². The van der Waals surface area contributed by atoms with Gasteiger partial charge in [0.05, 0.1) is 6.20 Å². The molecule has 0 bridgehead atoms. The third-order valence-corrected chi connectivity index (χ3v) is 5.46. The number of amides is 1. The zero-order valence-electron chi connectivity index (χ0n) is 18.9. The summed E-state index contributed by atoms with van der Waals surface area (Å²) in [5, 5.41) is 10.1. The molecule has 1 atom stereocenters. The molecule has 2 aromatic carbocycles. The molecule has 8 heteroatoms. The van der Waals surface area contributed by atoms with Gasteiger partial charge in [0.1, 0.15) is 23.5 Å². The zero-order chi connectivity index (χ0) is 24.1. The Morgan fingerprint density at radius 3 is 2.38 bits per heavy atom. The van der Waals surface area contributed by atoms with E-state index in [0.717, 1.165) is 16.7 Å². The number of carbonyl (C=O) groups is 1. The molecular weight excluding hydrogens is 436 g/mol. The summed E-state index contributed by atoms with van der Waals surface area (Å²) in [6.45, 7) is 1.85. The largest absolute Gasteiger partial charge is 0.309 e. The first-order valence-electron chi connectivity index (χ1n) is 10.9. The average Bonchev–Trinajstić information content (AvgIpc) is 3.25. The Kier molecular flexibility index (Phi) is 7.08. The summed E-state index contributed by atoms with van der Waals surface area (Å²) in [6.07, 6.45) is 5.39. The van der Waals surface area contributed by atoms with Crippen molar-refractivity contribution in [3.05, 3.63) is 102 Å². The van der Waals surface area contributed by atoms with Gasteiger partial charge >= 0.3 is 0 Å². The lowest BCUT2D eigenvalue weighted by Gasteiger charge is -2.19. The van der Waals surface area contributed by atoms with E-state index in [-0.39, 0.29) is 24.4 Å². The van der Waals surface area contributed by atoms with Gasteiger partial charge in [0, 0.05) is 42.7 Å². The number of carbonyl (C=O) groups excluding carboxylic acids is 1. The predicted molar refractivity (Wildman–Crippen MR) is 127 cm³/mol. The number of pyridine rings is 1. The summed E-state index contributed by atoms with van der Waals surface area (Å²) < 4.78 is 30.1. The smallest absolute Gasteiger partial charge is 0.247 e. The van der Waals surface area contributed by atoms with Crippen molar-refractivity contribution in [3.63, 3.8) is 0 Å². The van der Waals surface area contributed by atoms with E-state index >= 15 is 0 Å². The second-order valence-electron chi connectivity index (χ2n) is 8.08. The van der Waals surface area contributed by atoms with Crippen LogP contribution in [0.3, 0.4) is 0 Å². The van der Waals surface area contributed by atoms with Crippen LogP contribution in [0.25, 0.3) is 11.1 Å². The molecule has 1 amide bonds. The number of aryl methyl sites for hydroxylation is 2. The van der Waals surface area contributed by atoms with Crippen molar-refractivity contribution in [1.82, 2.24) is 20.1 Å². The van der Waals surface area contributed by atoms with Gasteiger partial charge in [-0.2, -0.15) is 5.10 Å². The number of nitrogens with zero attached hydrogens (tertiary/aromatic N) is 3. The van der Waals surface area contributed by atoms with Crippen LogP contribution in [0.15, 0.2) is 73.2 Å². The fourth-order valence-electron chi connectivity index (χ4n) is 3.72. The highest BCUT2D eigenvalue weighted by atomic mass is 19.1. The third kappa shape index (κ3) is 5.52. The standard InChI is InChI=1S/C26H25F2N5O/c1-17-12-22(27)21(23(28)13-17)10-11-29-25(18-6-4-3-5-7-18)26(34)32-24-9-8-19(14-30-24)20-15-31-33(2)16-20/h3-9,12-16,25,29H,10-11H2,1-2H3,(H,30,32,34)/t25-/m1/s1. The molecular formula is C26H25F2N5O. The van der Waals surface area contributed by atoms with Crippen molar-refractivity contribution in [3.8, 4) is 11.1 Å². The molecule has 0 aliphatic carbocycles. The number of halogens is 2. The highest BCUT2D eigenvalue weighted by molar-refractivity contribution is 5.94. The van der Waals surface area contributed by atoms with Crippen LogP contribution in [0.1, 0.15) is 22.7 Å².